The van der Waals surface area contributed by atoms with Gasteiger partial charge in [0.25, 0.3) is 0 Å². The lowest BCUT2D eigenvalue weighted by atomic mass is 10.2. The van der Waals surface area contributed by atoms with Gasteiger partial charge < -0.3 is 9.84 Å². The van der Waals surface area contributed by atoms with Crippen molar-refractivity contribution in [3.63, 3.8) is 0 Å². The fourth-order valence-electron chi connectivity index (χ4n) is 2.17. The second-order valence-electron chi connectivity index (χ2n) is 4.88. The molecule has 16 heavy (non-hydrogen) atoms. The monoisotopic (exact) mass is 223 g/mol. The molecular weight excluding hydrogens is 202 g/mol. The molecule has 2 rings (SSSR count). The number of hydrogen-bond donors (Lipinski definition) is 1. The summed E-state index contributed by atoms with van der Waals surface area (Å²) in [7, 11) is 0. The third kappa shape index (κ3) is 2.83. The zero-order chi connectivity index (χ0) is 11.5. The van der Waals surface area contributed by atoms with Gasteiger partial charge in [0.05, 0.1) is 5.69 Å². The van der Waals surface area contributed by atoms with Crippen LogP contribution in [0, 0.1) is 6.92 Å². The minimum absolute atomic E-state index is 0.597. The van der Waals surface area contributed by atoms with Crippen LogP contribution in [0.4, 0.5) is 0 Å². The van der Waals surface area contributed by atoms with Crippen LogP contribution in [-0.2, 0) is 6.54 Å². The van der Waals surface area contributed by atoms with Crippen molar-refractivity contribution in [2.75, 3.05) is 13.1 Å². The number of hydrogen-bond acceptors (Lipinski definition) is 4. The highest BCUT2D eigenvalue weighted by molar-refractivity contribution is 5.03. The molecule has 2 heterocycles. The summed E-state index contributed by atoms with van der Waals surface area (Å²) >= 11 is 0. The van der Waals surface area contributed by atoms with E-state index in [0.717, 1.165) is 24.5 Å². The van der Waals surface area contributed by atoms with E-state index in [4.69, 9.17) is 4.52 Å². The van der Waals surface area contributed by atoms with Crippen molar-refractivity contribution in [2.45, 2.75) is 45.8 Å². The summed E-state index contributed by atoms with van der Waals surface area (Å²) in [6.07, 6.45) is 1.23. The van der Waals surface area contributed by atoms with Gasteiger partial charge in [-0.3, -0.25) is 4.90 Å². The van der Waals surface area contributed by atoms with Crippen molar-refractivity contribution in [1.29, 1.82) is 0 Å². The lowest BCUT2D eigenvalue weighted by Crippen LogP contribution is -2.34. The van der Waals surface area contributed by atoms with Crippen molar-refractivity contribution in [2.24, 2.45) is 0 Å². The van der Waals surface area contributed by atoms with Gasteiger partial charge in [-0.05, 0) is 33.7 Å². The maximum Gasteiger partial charge on any atom is 0.133 e. The van der Waals surface area contributed by atoms with Crippen molar-refractivity contribution in [3.8, 4) is 0 Å². The molecule has 1 aromatic rings. The summed E-state index contributed by atoms with van der Waals surface area (Å²) < 4.78 is 5.04. The average molecular weight is 223 g/mol. The van der Waals surface area contributed by atoms with Crippen molar-refractivity contribution < 1.29 is 4.52 Å². The highest BCUT2D eigenvalue weighted by Crippen LogP contribution is 2.12. The van der Waals surface area contributed by atoms with Crippen LogP contribution in [0.25, 0.3) is 0 Å². The second-order valence-corrected chi connectivity index (χ2v) is 4.88. The van der Waals surface area contributed by atoms with E-state index in [-0.39, 0.29) is 0 Å². The van der Waals surface area contributed by atoms with Crippen LogP contribution in [0.2, 0.25) is 0 Å². The lowest BCUT2D eigenvalue weighted by Gasteiger charge is -2.20. The number of likely N-dealkylation sites (tertiary alicyclic amines) is 1. The molecule has 0 radical (unpaired) electrons. The van der Waals surface area contributed by atoms with Crippen LogP contribution in [0.1, 0.15) is 31.7 Å². The topological polar surface area (TPSA) is 41.3 Å². The molecule has 0 bridgehead atoms. The Labute approximate surface area is 97.0 Å². The number of nitrogens with one attached hydrogen (secondary N) is 1. The lowest BCUT2D eigenvalue weighted by molar-refractivity contribution is 0.268. The molecule has 1 saturated heterocycles. The predicted molar refractivity (Wildman–Crippen MR) is 63.2 cm³/mol. The molecule has 0 spiro atoms. The Hall–Kier alpha value is -0.870. The van der Waals surface area contributed by atoms with Gasteiger partial charge in [0, 0.05) is 31.2 Å². The summed E-state index contributed by atoms with van der Waals surface area (Å²) in [5.74, 6) is 0.882. The fraction of sp³-hybridized carbons (Fsp3) is 0.750. The second kappa shape index (κ2) is 4.97. The zero-order valence-corrected chi connectivity index (χ0v) is 10.4. The first-order valence-corrected chi connectivity index (χ1v) is 6.05. The molecule has 1 fully saturated rings. The third-order valence-corrected chi connectivity index (χ3v) is 3.20. The number of aryl methyl sites for hydroxylation is 1. The molecule has 0 saturated carbocycles. The van der Waals surface area contributed by atoms with Gasteiger partial charge in [-0.25, -0.2) is 0 Å². The van der Waals surface area contributed by atoms with Crippen LogP contribution >= 0.6 is 0 Å². The van der Waals surface area contributed by atoms with E-state index in [2.05, 4.69) is 29.2 Å². The van der Waals surface area contributed by atoms with Crippen LogP contribution in [0.15, 0.2) is 10.6 Å². The molecule has 1 N–H and O–H groups in total. The van der Waals surface area contributed by atoms with E-state index in [1.54, 1.807) is 0 Å². The minimum atomic E-state index is 0.597. The van der Waals surface area contributed by atoms with Gasteiger partial charge in [-0.15, -0.1) is 0 Å². The Balaban J connectivity index is 1.75. The molecule has 1 atom stereocenters. The molecule has 1 aliphatic rings. The summed E-state index contributed by atoms with van der Waals surface area (Å²) in [4.78, 5) is 2.51. The Morgan fingerprint density at radius 2 is 2.44 bits per heavy atom. The number of nitrogens with zero attached hydrogens (tertiary/aromatic N) is 2. The van der Waals surface area contributed by atoms with Crippen molar-refractivity contribution >= 4 is 0 Å². The van der Waals surface area contributed by atoms with Crippen LogP contribution < -0.4 is 5.32 Å². The number of rotatable bonds is 4. The summed E-state index contributed by atoms with van der Waals surface area (Å²) in [5, 5.41) is 7.51. The van der Waals surface area contributed by atoms with Gasteiger partial charge in [-0.2, -0.15) is 0 Å². The van der Waals surface area contributed by atoms with Gasteiger partial charge in [0.2, 0.25) is 0 Å². The van der Waals surface area contributed by atoms with E-state index < -0.39 is 0 Å². The molecule has 0 aromatic carbocycles. The summed E-state index contributed by atoms with van der Waals surface area (Å²) in [6.45, 7) is 9.59. The molecule has 0 amide bonds. The SMILES string of the molecule is Cc1cc(CNC2CCN(C(C)C)C2)no1. The maximum atomic E-state index is 5.04. The van der Waals surface area contributed by atoms with Gasteiger partial charge >= 0.3 is 0 Å². The number of aromatic nitrogens is 1. The van der Waals surface area contributed by atoms with Crippen LogP contribution in [0.3, 0.4) is 0 Å². The molecule has 1 aromatic heterocycles. The van der Waals surface area contributed by atoms with Crippen molar-refractivity contribution in [1.82, 2.24) is 15.4 Å². The maximum absolute atomic E-state index is 5.04. The fourth-order valence-corrected chi connectivity index (χ4v) is 2.17. The van der Waals surface area contributed by atoms with Crippen LogP contribution in [0.5, 0.6) is 0 Å². The normalized spacial score (nSPS) is 22.1. The summed E-state index contributed by atoms with van der Waals surface area (Å²) in [5.41, 5.74) is 1.00. The van der Waals surface area contributed by atoms with Crippen molar-refractivity contribution in [3.05, 3.63) is 17.5 Å². The standard InChI is InChI=1S/C12H21N3O/c1-9(2)15-5-4-11(8-15)13-7-12-6-10(3)16-14-12/h6,9,11,13H,4-5,7-8H2,1-3H3. The molecule has 1 aliphatic heterocycles. The largest absolute Gasteiger partial charge is 0.361 e. The van der Waals surface area contributed by atoms with E-state index in [0.29, 0.717) is 12.1 Å². The molecule has 4 nitrogen and oxygen atoms in total. The first-order valence-electron chi connectivity index (χ1n) is 6.05. The molecular formula is C12H21N3O. The highest BCUT2D eigenvalue weighted by Gasteiger charge is 2.23. The Kier molecular flexibility index (Phi) is 3.61. The van der Waals surface area contributed by atoms with E-state index in [9.17, 15) is 0 Å². The smallest absolute Gasteiger partial charge is 0.133 e. The van der Waals surface area contributed by atoms with Gasteiger partial charge in [0.15, 0.2) is 0 Å². The Bertz CT molecular complexity index is 335. The predicted octanol–water partition coefficient (Wildman–Crippen LogP) is 1.56. The van der Waals surface area contributed by atoms with Gasteiger partial charge in [0.1, 0.15) is 5.76 Å². The first kappa shape index (κ1) is 11.6. The quantitative estimate of drug-likeness (QED) is 0.841. The average Bonchev–Trinajstić information content (AvgIpc) is 2.83. The summed E-state index contributed by atoms with van der Waals surface area (Å²) in [6, 6.07) is 3.24. The zero-order valence-electron chi connectivity index (χ0n) is 10.4. The van der Waals surface area contributed by atoms with E-state index in [1.165, 1.54) is 13.0 Å². The molecule has 1 unspecified atom stereocenters. The minimum Gasteiger partial charge on any atom is -0.361 e. The Morgan fingerprint density at radius 1 is 1.62 bits per heavy atom. The highest BCUT2D eigenvalue weighted by atomic mass is 16.5. The van der Waals surface area contributed by atoms with E-state index >= 15 is 0 Å². The third-order valence-electron chi connectivity index (χ3n) is 3.20. The van der Waals surface area contributed by atoms with Gasteiger partial charge in [-0.1, -0.05) is 5.16 Å². The molecule has 0 aliphatic carbocycles. The van der Waals surface area contributed by atoms with Crippen LogP contribution in [-0.4, -0.2) is 35.2 Å². The molecule has 90 valence electrons. The first-order chi connectivity index (χ1) is 7.65. The van der Waals surface area contributed by atoms with E-state index in [1.807, 2.05) is 13.0 Å². The molecule has 4 heteroatoms. The Morgan fingerprint density at radius 3 is 3.00 bits per heavy atom.